The third-order valence-electron chi connectivity index (χ3n) is 3.64. The van der Waals surface area contributed by atoms with E-state index in [0.717, 1.165) is 32.5 Å². The van der Waals surface area contributed by atoms with Gasteiger partial charge in [-0.3, -0.25) is 9.59 Å². The third kappa shape index (κ3) is 3.43. The van der Waals surface area contributed by atoms with Crippen molar-refractivity contribution in [3.63, 3.8) is 0 Å². The van der Waals surface area contributed by atoms with Crippen LogP contribution >= 0.6 is 0 Å². The number of hydrogen-bond donors (Lipinski definition) is 1. The molecule has 98 valence electrons. The van der Waals surface area contributed by atoms with Gasteiger partial charge < -0.3 is 14.9 Å². The van der Waals surface area contributed by atoms with E-state index in [0.29, 0.717) is 0 Å². The molecular weight excluding hydrogens is 220 g/mol. The summed E-state index contributed by atoms with van der Waals surface area (Å²) in [6.07, 6.45) is 1.87. The van der Waals surface area contributed by atoms with Gasteiger partial charge in [0.25, 0.3) is 0 Å². The fourth-order valence-electron chi connectivity index (χ4n) is 2.21. The molecule has 1 amide bonds. The van der Waals surface area contributed by atoms with Gasteiger partial charge in [0.1, 0.15) is 5.92 Å². The lowest BCUT2D eigenvalue weighted by molar-refractivity contribution is -0.151. The molecule has 1 aliphatic heterocycles. The van der Waals surface area contributed by atoms with Gasteiger partial charge in [-0.2, -0.15) is 0 Å². The second-order valence-electron chi connectivity index (χ2n) is 4.67. The molecule has 0 aromatic heterocycles. The first kappa shape index (κ1) is 14.0. The second kappa shape index (κ2) is 6.00. The molecule has 0 spiro atoms. The Morgan fingerprint density at radius 2 is 1.94 bits per heavy atom. The Balaban J connectivity index is 2.51. The van der Waals surface area contributed by atoms with Crippen molar-refractivity contribution in [2.45, 2.75) is 32.7 Å². The number of rotatable bonds is 4. The summed E-state index contributed by atoms with van der Waals surface area (Å²) in [6.45, 7) is 6.58. The molecule has 1 unspecified atom stereocenters. The van der Waals surface area contributed by atoms with Crippen LogP contribution in [0, 0.1) is 5.92 Å². The highest BCUT2D eigenvalue weighted by atomic mass is 16.4. The van der Waals surface area contributed by atoms with Gasteiger partial charge in [-0.05, 0) is 26.3 Å². The number of aliphatic carboxylic acids is 1. The smallest absolute Gasteiger partial charge is 0.315 e. The van der Waals surface area contributed by atoms with Crippen LogP contribution < -0.4 is 0 Å². The van der Waals surface area contributed by atoms with Crippen molar-refractivity contribution in [3.05, 3.63) is 0 Å². The monoisotopic (exact) mass is 242 g/mol. The van der Waals surface area contributed by atoms with Crippen molar-refractivity contribution >= 4 is 11.9 Å². The number of nitrogens with zero attached hydrogens (tertiary/aromatic N) is 2. The molecule has 0 bridgehead atoms. The fraction of sp³-hybridized carbons (Fsp3) is 0.833. The Morgan fingerprint density at radius 3 is 2.35 bits per heavy atom. The summed E-state index contributed by atoms with van der Waals surface area (Å²) in [6, 6.07) is 0.187. The minimum atomic E-state index is -1.05. The maximum Gasteiger partial charge on any atom is 0.315 e. The third-order valence-corrected chi connectivity index (χ3v) is 3.64. The second-order valence-corrected chi connectivity index (χ2v) is 4.67. The van der Waals surface area contributed by atoms with E-state index in [2.05, 4.69) is 11.8 Å². The van der Waals surface area contributed by atoms with Gasteiger partial charge in [0.15, 0.2) is 0 Å². The highest BCUT2D eigenvalue weighted by Crippen LogP contribution is 2.17. The number of carbonyl (C=O) groups excluding carboxylic acids is 1. The van der Waals surface area contributed by atoms with E-state index >= 15 is 0 Å². The zero-order valence-corrected chi connectivity index (χ0v) is 10.8. The number of hydrogen-bond acceptors (Lipinski definition) is 3. The first-order chi connectivity index (χ1) is 7.97. The lowest BCUT2D eigenvalue weighted by Crippen LogP contribution is -2.47. The molecule has 1 aliphatic rings. The van der Waals surface area contributed by atoms with Crippen molar-refractivity contribution in [1.82, 2.24) is 9.80 Å². The molecule has 0 radical (unpaired) electrons. The Morgan fingerprint density at radius 1 is 1.41 bits per heavy atom. The van der Waals surface area contributed by atoms with Crippen molar-refractivity contribution in [3.8, 4) is 0 Å². The van der Waals surface area contributed by atoms with Gasteiger partial charge in [0.05, 0.1) is 0 Å². The Labute approximate surface area is 102 Å². The van der Waals surface area contributed by atoms with Crippen LogP contribution in [0.3, 0.4) is 0 Å². The first-order valence-electron chi connectivity index (χ1n) is 6.19. The van der Waals surface area contributed by atoms with Gasteiger partial charge in [-0.1, -0.05) is 6.92 Å². The predicted octanol–water partition coefficient (Wildman–Crippen LogP) is 0.650. The molecule has 0 aromatic rings. The molecule has 5 heteroatoms. The van der Waals surface area contributed by atoms with Crippen molar-refractivity contribution in [2.75, 3.05) is 26.7 Å². The molecular formula is C12H22N2O3. The molecule has 0 aromatic carbocycles. The molecule has 1 fully saturated rings. The number of piperidine rings is 1. The van der Waals surface area contributed by atoms with E-state index in [4.69, 9.17) is 5.11 Å². The molecule has 1 N–H and O–H groups in total. The molecule has 0 aliphatic carbocycles. The maximum absolute atomic E-state index is 11.9. The highest BCUT2D eigenvalue weighted by molar-refractivity contribution is 5.96. The van der Waals surface area contributed by atoms with Crippen molar-refractivity contribution in [1.29, 1.82) is 0 Å². The number of carboxylic acid groups (broad SMARTS) is 1. The summed E-state index contributed by atoms with van der Waals surface area (Å²) < 4.78 is 0. The molecule has 5 nitrogen and oxygen atoms in total. The summed E-state index contributed by atoms with van der Waals surface area (Å²) in [5, 5.41) is 8.82. The number of carbonyl (C=O) groups is 2. The van der Waals surface area contributed by atoms with E-state index in [1.165, 1.54) is 6.92 Å². The normalized spacial score (nSPS) is 19.9. The van der Waals surface area contributed by atoms with Gasteiger partial charge in [-0.15, -0.1) is 0 Å². The van der Waals surface area contributed by atoms with Gasteiger partial charge in [-0.25, -0.2) is 0 Å². The van der Waals surface area contributed by atoms with Crippen LogP contribution in [0.2, 0.25) is 0 Å². The average Bonchev–Trinajstić information content (AvgIpc) is 2.36. The van der Waals surface area contributed by atoms with Crippen LogP contribution in [0.5, 0.6) is 0 Å². The maximum atomic E-state index is 11.9. The Bertz CT molecular complexity index is 285. The summed E-state index contributed by atoms with van der Waals surface area (Å²) in [5.41, 5.74) is 0. The van der Waals surface area contributed by atoms with E-state index in [-0.39, 0.29) is 11.9 Å². The minimum Gasteiger partial charge on any atom is -0.481 e. The van der Waals surface area contributed by atoms with E-state index in [9.17, 15) is 9.59 Å². The SMILES string of the molecule is CCN1CCC(N(C)C(=O)C(C)C(=O)O)CC1. The zero-order valence-electron chi connectivity index (χ0n) is 10.8. The van der Waals surface area contributed by atoms with Crippen LogP contribution in [0.1, 0.15) is 26.7 Å². The van der Waals surface area contributed by atoms with Crippen LogP contribution in [-0.4, -0.2) is 59.5 Å². The largest absolute Gasteiger partial charge is 0.481 e. The average molecular weight is 242 g/mol. The van der Waals surface area contributed by atoms with Gasteiger partial charge >= 0.3 is 5.97 Å². The van der Waals surface area contributed by atoms with E-state index in [1.54, 1.807) is 11.9 Å². The summed E-state index contributed by atoms with van der Waals surface area (Å²) >= 11 is 0. The zero-order chi connectivity index (χ0) is 13.0. The molecule has 17 heavy (non-hydrogen) atoms. The van der Waals surface area contributed by atoms with E-state index < -0.39 is 11.9 Å². The minimum absolute atomic E-state index is 0.187. The molecule has 1 rings (SSSR count). The lowest BCUT2D eigenvalue weighted by Gasteiger charge is -2.36. The molecule has 0 saturated carbocycles. The van der Waals surface area contributed by atoms with Gasteiger partial charge in [0, 0.05) is 26.2 Å². The Hall–Kier alpha value is -1.10. The summed E-state index contributed by atoms with van der Waals surface area (Å²) in [5.74, 6) is -2.27. The highest BCUT2D eigenvalue weighted by Gasteiger charge is 2.30. The molecule has 1 heterocycles. The van der Waals surface area contributed by atoms with E-state index in [1.807, 2.05) is 0 Å². The van der Waals surface area contributed by atoms with Crippen molar-refractivity contribution in [2.24, 2.45) is 5.92 Å². The fourth-order valence-corrected chi connectivity index (χ4v) is 2.21. The topological polar surface area (TPSA) is 60.9 Å². The lowest BCUT2D eigenvalue weighted by atomic mass is 10.0. The predicted molar refractivity (Wildman–Crippen MR) is 64.7 cm³/mol. The Kier molecular flexibility index (Phi) is 4.93. The van der Waals surface area contributed by atoms with Crippen LogP contribution in [0.25, 0.3) is 0 Å². The number of likely N-dealkylation sites (tertiary alicyclic amines) is 1. The van der Waals surface area contributed by atoms with Crippen LogP contribution in [0.15, 0.2) is 0 Å². The summed E-state index contributed by atoms with van der Waals surface area (Å²) in [7, 11) is 1.72. The van der Waals surface area contributed by atoms with Crippen LogP contribution in [0.4, 0.5) is 0 Å². The quantitative estimate of drug-likeness (QED) is 0.735. The number of amides is 1. The number of carboxylic acids is 1. The molecule has 1 atom stereocenters. The first-order valence-corrected chi connectivity index (χ1v) is 6.19. The van der Waals surface area contributed by atoms with Crippen molar-refractivity contribution < 1.29 is 14.7 Å². The van der Waals surface area contributed by atoms with Crippen LogP contribution in [-0.2, 0) is 9.59 Å². The van der Waals surface area contributed by atoms with Gasteiger partial charge in [0.2, 0.25) is 5.91 Å². The molecule has 1 saturated heterocycles. The standard InChI is InChI=1S/C12H22N2O3/c1-4-14-7-5-10(6-8-14)13(3)11(15)9(2)12(16)17/h9-10H,4-8H2,1-3H3,(H,16,17). The summed E-state index contributed by atoms with van der Waals surface area (Å²) in [4.78, 5) is 26.6.